The molecule has 0 saturated carbocycles. The first-order valence-corrected chi connectivity index (χ1v) is 19.2. The van der Waals surface area contributed by atoms with E-state index in [0.717, 1.165) is 31.5 Å². The third-order valence-electron chi connectivity index (χ3n) is 6.58. The highest BCUT2D eigenvalue weighted by Crippen LogP contribution is 2.34. The van der Waals surface area contributed by atoms with Gasteiger partial charge >= 0.3 is 5.97 Å². The predicted octanol–water partition coefficient (Wildman–Crippen LogP) is 6.22. The Kier molecular flexibility index (Phi) is 32.6. The molecule has 0 bridgehead atoms. The van der Waals surface area contributed by atoms with E-state index >= 15 is 0 Å². The summed E-state index contributed by atoms with van der Waals surface area (Å²) in [5.74, 6) is 1.79. The molecule has 0 aliphatic heterocycles. The van der Waals surface area contributed by atoms with E-state index in [4.69, 9.17) is 14.9 Å². The molecule has 0 radical (unpaired) electrons. The molecular weight excluding hydrogens is 553 g/mol. The molecule has 232 valence electrons. The zero-order valence-corrected chi connectivity index (χ0v) is 27.1. The molecule has 0 aromatic heterocycles. The normalized spacial score (nSPS) is 11.5. The number of rotatable bonds is 32. The van der Waals surface area contributed by atoms with Crippen molar-refractivity contribution in [2.45, 2.75) is 103 Å². The molecule has 0 amide bonds. The van der Waals surface area contributed by atoms with Crippen molar-refractivity contribution in [2.75, 3.05) is 70.6 Å². The van der Waals surface area contributed by atoms with Crippen LogP contribution in [0.1, 0.15) is 103 Å². The SMILES string of the molecule is CCCCCCCCCCCCCCSSSCCOC(=O)CCN(CCC=O)CCCN(CCO)CCO. The molecule has 0 rings (SSSR count). The lowest BCUT2D eigenvalue weighted by molar-refractivity contribution is -0.143. The van der Waals surface area contributed by atoms with Crippen LogP contribution < -0.4 is 0 Å². The Hall–Kier alpha value is 0.0300. The molecule has 10 heteroatoms. The smallest absolute Gasteiger partial charge is 0.307 e. The predicted molar refractivity (Wildman–Crippen MR) is 172 cm³/mol. The summed E-state index contributed by atoms with van der Waals surface area (Å²) in [5.41, 5.74) is 0. The van der Waals surface area contributed by atoms with E-state index in [0.29, 0.717) is 45.6 Å². The van der Waals surface area contributed by atoms with Crippen LogP contribution >= 0.6 is 31.4 Å². The Bertz CT molecular complexity index is 529. The molecule has 2 N–H and O–H groups in total. The molecule has 0 aliphatic rings. The number of nitrogens with zero attached hydrogens (tertiary/aromatic N) is 2. The summed E-state index contributed by atoms with van der Waals surface area (Å²) in [4.78, 5) is 27.1. The average Bonchev–Trinajstić information content (AvgIpc) is 2.93. The number of ether oxygens (including phenoxy) is 1. The van der Waals surface area contributed by atoms with Crippen LogP contribution in [-0.4, -0.2) is 103 Å². The molecule has 0 aromatic rings. The van der Waals surface area contributed by atoms with Crippen molar-refractivity contribution in [3.05, 3.63) is 0 Å². The number of carbonyl (C=O) groups is 2. The van der Waals surface area contributed by atoms with Gasteiger partial charge in [-0.25, -0.2) is 0 Å². The van der Waals surface area contributed by atoms with E-state index in [9.17, 15) is 9.59 Å². The maximum Gasteiger partial charge on any atom is 0.307 e. The Morgan fingerprint density at radius 2 is 1.23 bits per heavy atom. The number of aliphatic hydroxyl groups is 2. The fourth-order valence-corrected chi connectivity index (χ4v) is 8.01. The van der Waals surface area contributed by atoms with Crippen molar-refractivity contribution < 1.29 is 24.5 Å². The van der Waals surface area contributed by atoms with Gasteiger partial charge in [-0.05, 0) is 35.8 Å². The maximum absolute atomic E-state index is 12.1. The van der Waals surface area contributed by atoms with E-state index in [1.807, 2.05) is 15.7 Å². The van der Waals surface area contributed by atoms with Crippen LogP contribution in [0.3, 0.4) is 0 Å². The Balaban J connectivity index is 3.63. The molecular formula is C29H58N2O5S3. The van der Waals surface area contributed by atoms with Crippen molar-refractivity contribution in [3.8, 4) is 0 Å². The molecule has 0 unspecified atom stereocenters. The number of carbonyl (C=O) groups excluding carboxylic acids is 2. The van der Waals surface area contributed by atoms with Gasteiger partial charge in [0.25, 0.3) is 0 Å². The number of esters is 1. The molecule has 39 heavy (non-hydrogen) atoms. The van der Waals surface area contributed by atoms with Gasteiger partial charge in [0.2, 0.25) is 0 Å². The second-order valence-corrected chi connectivity index (χ2v) is 14.5. The van der Waals surface area contributed by atoms with Crippen LogP contribution in [0.25, 0.3) is 0 Å². The summed E-state index contributed by atoms with van der Waals surface area (Å²) < 4.78 is 5.39. The van der Waals surface area contributed by atoms with Crippen LogP contribution in [0, 0.1) is 0 Å². The molecule has 0 fully saturated rings. The summed E-state index contributed by atoms with van der Waals surface area (Å²) in [6.07, 6.45) is 19.1. The summed E-state index contributed by atoms with van der Waals surface area (Å²) in [7, 11) is 5.45. The van der Waals surface area contributed by atoms with Gasteiger partial charge in [0.15, 0.2) is 0 Å². The topological polar surface area (TPSA) is 90.3 Å². The third kappa shape index (κ3) is 29.3. The minimum Gasteiger partial charge on any atom is -0.465 e. The number of aldehydes is 1. The molecule has 0 aliphatic carbocycles. The van der Waals surface area contributed by atoms with Crippen LogP contribution in [0.15, 0.2) is 0 Å². The highest BCUT2D eigenvalue weighted by Gasteiger charge is 2.11. The molecule has 0 aromatic carbocycles. The minimum absolute atomic E-state index is 0.0651. The van der Waals surface area contributed by atoms with E-state index < -0.39 is 0 Å². The number of unbranched alkanes of at least 4 members (excludes halogenated alkanes) is 11. The number of aliphatic hydroxyl groups excluding tert-OH is 2. The van der Waals surface area contributed by atoms with Gasteiger partial charge in [0.1, 0.15) is 12.9 Å². The lowest BCUT2D eigenvalue weighted by Gasteiger charge is -2.24. The van der Waals surface area contributed by atoms with Gasteiger partial charge in [0.05, 0.1) is 19.6 Å². The largest absolute Gasteiger partial charge is 0.465 e. The second-order valence-electron chi connectivity index (χ2n) is 10.0. The van der Waals surface area contributed by atoms with Crippen LogP contribution in [0.2, 0.25) is 0 Å². The lowest BCUT2D eigenvalue weighted by Crippen LogP contribution is -2.35. The molecule has 0 heterocycles. The van der Waals surface area contributed by atoms with Crippen molar-refractivity contribution in [2.24, 2.45) is 0 Å². The summed E-state index contributed by atoms with van der Waals surface area (Å²) in [6, 6.07) is 0. The van der Waals surface area contributed by atoms with Crippen molar-refractivity contribution in [3.63, 3.8) is 0 Å². The van der Waals surface area contributed by atoms with Crippen LogP contribution in [-0.2, 0) is 14.3 Å². The standard InChI is InChI=1S/C29H58N2O5S3/c1-2-3-4-5-6-7-8-9-10-11-12-13-27-37-39-38-28-26-36-29(35)16-20-30(19-15-23-32)17-14-18-31(21-24-33)22-25-34/h23,33-34H,2-22,24-28H2,1H3. The van der Waals surface area contributed by atoms with Crippen molar-refractivity contribution in [1.29, 1.82) is 0 Å². The summed E-state index contributed by atoms with van der Waals surface area (Å²) in [6.45, 7) is 6.63. The monoisotopic (exact) mass is 610 g/mol. The van der Waals surface area contributed by atoms with Gasteiger partial charge in [0, 0.05) is 44.1 Å². The fraction of sp³-hybridized carbons (Fsp3) is 0.931. The molecule has 0 spiro atoms. The Morgan fingerprint density at radius 1 is 0.692 bits per heavy atom. The van der Waals surface area contributed by atoms with Crippen LogP contribution in [0.4, 0.5) is 0 Å². The first-order chi connectivity index (χ1) is 19.2. The first-order valence-electron chi connectivity index (χ1n) is 15.3. The van der Waals surface area contributed by atoms with Crippen molar-refractivity contribution >= 4 is 43.7 Å². The van der Waals surface area contributed by atoms with Gasteiger partial charge in [-0.2, -0.15) is 0 Å². The second kappa shape index (κ2) is 32.5. The number of hydrogen-bond acceptors (Lipinski definition) is 10. The van der Waals surface area contributed by atoms with Gasteiger partial charge in [-0.3, -0.25) is 9.69 Å². The Morgan fingerprint density at radius 3 is 1.79 bits per heavy atom. The van der Waals surface area contributed by atoms with Crippen molar-refractivity contribution in [1.82, 2.24) is 9.80 Å². The third-order valence-corrected chi connectivity index (χ3v) is 10.9. The summed E-state index contributed by atoms with van der Waals surface area (Å²) >= 11 is 0. The average molecular weight is 611 g/mol. The zero-order chi connectivity index (χ0) is 28.7. The molecule has 7 nitrogen and oxygen atoms in total. The highest BCUT2D eigenvalue weighted by atomic mass is 33.5. The molecule has 0 atom stereocenters. The van der Waals surface area contributed by atoms with E-state index in [-0.39, 0.29) is 19.2 Å². The molecule has 0 saturated heterocycles. The van der Waals surface area contributed by atoms with Crippen LogP contribution in [0.5, 0.6) is 0 Å². The maximum atomic E-state index is 12.1. The van der Waals surface area contributed by atoms with E-state index in [1.165, 1.54) is 82.8 Å². The fourth-order valence-electron chi connectivity index (χ4n) is 4.32. The van der Waals surface area contributed by atoms with Gasteiger partial charge in [-0.15, -0.1) is 0 Å². The Labute approximate surface area is 251 Å². The highest BCUT2D eigenvalue weighted by molar-refractivity contribution is 9.09. The lowest BCUT2D eigenvalue weighted by atomic mass is 10.1. The van der Waals surface area contributed by atoms with Gasteiger partial charge in [-0.1, -0.05) is 99.1 Å². The number of hydrogen-bond donors (Lipinski definition) is 2. The first kappa shape index (κ1) is 39.0. The van der Waals surface area contributed by atoms with E-state index in [1.54, 1.807) is 20.6 Å². The van der Waals surface area contributed by atoms with E-state index in [2.05, 4.69) is 11.8 Å². The summed E-state index contributed by atoms with van der Waals surface area (Å²) in [5, 5.41) is 18.3. The minimum atomic E-state index is -0.192. The quantitative estimate of drug-likeness (QED) is 0.0396. The zero-order valence-electron chi connectivity index (χ0n) is 24.7. The van der Waals surface area contributed by atoms with Gasteiger partial charge < -0.3 is 24.6 Å².